The van der Waals surface area contributed by atoms with E-state index in [4.69, 9.17) is 4.98 Å². The molecule has 0 amide bonds. The predicted octanol–water partition coefficient (Wildman–Crippen LogP) is 5.48. The van der Waals surface area contributed by atoms with Gasteiger partial charge in [-0.3, -0.25) is 9.36 Å². The molecule has 0 aliphatic heterocycles. The van der Waals surface area contributed by atoms with Crippen LogP contribution in [0.2, 0.25) is 0 Å². The van der Waals surface area contributed by atoms with E-state index in [2.05, 4.69) is 16.3 Å². The van der Waals surface area contributed by atoms with Crippen LogP contribution in [0.3, 0.4) is 0 Å². The van der Waals surface area contributed by atoms with E-state index in [0.29, 0.717) is 22.4 Å². The van der Waals surface area contributed by atoms with Crippen molar-refractivity contribution in [3.05, 3.63) is 84.4 Å². The maximum atomic E-state index is 12.6. The van der Waals surface area contributed by atoms with Crippen LogP contribution in [0.15, 0.2) is 82.4 Å². The number of aryl methyl sites for hydroxylation is 1. The van der Waals surface area contributed by atoms with E-state index < -0.39 is 0 Å². The van der Waals surface area contributed by atoms with Gasteiger partial charge in [-0.15, -0.1) is 21.5 Å². The number of thioether (sulfide) groups is 2. The van der Waals surface area contributed by atoms with Crippen molar-refractivity contribution >= 4 is 50.9 Å². The number of rotatable bonds is 8. The number of nitrogens with zero attached hydrogens (tertiary/aromatic N) is 5. The Hall–Kier alpha value is -2.88. The van der Waals surface area contributed by atoms with Gasteiger partial charge in [-0.05, 0) is 36.4 Å². The van der Waals surface area contributed by atoms with Crippen LogP contribution in [-0.2, 0) is 12.8 Å². The highest BCUT2D eigenvalue weighted by atomic mass is 32.2. The Labute approximate surface area is 197 Å². The molecule has 0 saturated heterocycles. The Bertz CT molecular complexity index is 1340. The van der Waals surface area contributed by atoms with Crippen LogP contribution in [0.5, 0.6) is 0 Å². The predicted molar refractivity (Wildman–Crippen MR) is 131 cm³/mol. The number of thiazole rings is 1. The van der Waals surface area contributed by atoms with Crippen LogP contribution < -0.4 is 0 Å². The summed E-state index contributed by atoms with van der Waals surface area (Å²) in [6.07, 6.45) is 1.88. The van der Waals surface area contributed by atoms with Crippen LogP contribution in [-0.4, -0.2) is 35.9 Å². The number of hydrogen-bond acceptors (Lipinski definition) is 7. The Morgan fingerprint density at radius 3 is 2.56 bits per heavy atom. The Morgan fingerprint density at radius 2 is 1.78 bits per heavy atom. The molecule has 0 aliphatic carbocycles. The third-order valence-corrected chi connectivity index (χ3v) is 7.98. The normalized spacial score (nSPS) is 11.3. The monoisotopic (exact) mass is 477 g/mol. The largest absolute Gasteiger partial charge is 0.348 e. The molecule has 160 valence electrons. The second-order valence-electron chi connectivity index (χ2n) is 7.02. The van der Waals surface area contributed by atoms with E-state index in [1.165, 1.54) is 16.5 Å². The smallest absolute Gasteiger partial charge is 0.196 e. The molecule has 0 bridgehead atoms. The molecule has 0 saturated carbocycles. The average Bonchev–Trinajstić information content (AvgIpc) is 3.54. The van der Waals surface area contributed by atoms with Gasteiger partial charge in [0.2, 0.25) is 0 Å². The summed E-state index contributed by atoms with van der Waals surface area (Å²) in [7, 11) is 1.88. The minimum absolute atomic E-state index is 0.0653. The number of carbonyl (C=O) groups excluding carboxylic acids is 1. The standard InChI is InChI=1S/C23H19N5OS3/c1-27-13-7-11-18(27)19(29)14-30-22-26-25-21(28(22)16-8-3-2-4-9-16)15-31-23-24-17-10-5-6-12-20(17)32-23/h2-13H,14-15H2,1H3. The number of para-hydroxylation sites is 2. The van der Waals surface area contributed by atoms with E-state index in [1.54, 1.807) is 23.1 Å². The van der Waals surface area contributed by atoms with E-state index in [-0.39, 0.29) is 5.78 Å². The molecule has 0 fully saturated rings. The van der Waals surface area contributed by atoms with Gasteiger partial charge in [-0.1, -0.05) is 53.9 Å². The zero-order chi connectivity index (χ0) is 21.9. The number of Topliss-reactive ketones (excluding diaryl/α,β-unsaturated/α-hetero) is 1. The lowest BCUT2D eigenvalue weighted by Gasteiger charge is -2.09. The Morgan fingerprint density at radius 1 is 0.969 bits per heavy atom. The topological polar surface area (TPSA) is 65.6 Å². The van der Waals surface area contributed by atoms with Crippen LogP contribution in [0.4, 0.5) is 0 Å². The summed E-state index contributed by atoms with van der Waals surface area (Å²) in [6.45, 7) is 0. The molecule has 0 N–H and O–H groups in total. The first-order valence-electron chi connectivity index (χ1n) is 9.94. The molecule has 0 aliphatic rings. The van der Waals surface area contributed by atoms with Crippen LogP contribution >= 0.6 is 34.9 Å². The zero-order valence-electron chi connectivity index (χ0n) is 17.2. The number of ketones is 1. The van der Waals surface area contributed by atoms with Crippen LogP contribution in [0.25, 0.3) is 15.9 Å². The van der Waals surface area contributed by atoms with Gasteiger partial charge in [0.25, 0.3) is 0 Å². The maximum absolute atomic E-state index is 12.6. The number of hydrogen-bond donors (Lipinski definition) is 0. The number of benzene rings is 2. The first kappa shape index (κ1) is 21.0. The van der Waals surface area contributed by atoms with Crippen molar-refractivity contribution in [1.29, 1.82) is 0 Å². The fourth-order valence-corrected chi connectivity index (χ4v) is 6.15. The minimum Gasteiger partial charge on any atom is -0.348 e. The lowest BCUT2D eigenvalue weighted by Crippen LogP contribution is -2.09. The summed E-state index contributed by atoms with van der Waals surface area (Å²) >= 11 is 4.74. The highest BCUT2D eigenvalue weighted by molar-refractivity contribution is 8.00. The van der Waals surface area contributed by atoms with E-state index in [9.17, 15) is 4.79 Å². The van der Waals surface area contributed by atoms with Crippen molar-refractivity contribution in [2.45, 2.75) is 15.2 Å². The van der Waals surface area contributed by atoms with E-state index in [1.807, 2.05) is 83.0 Å². The van der Waals surface area contributed by atoms with Crippen molar-refractivity contribution in [2.24, 2.45) is 7.05 Å². The second kappa shape index (κ2) is 9.32. The number of aromatic nitrogens is 5. The Kier molecular flexibility index (Phi) is 6.11. The molecule has 32 heavy (non-hydrogen) atoms. The molecule has 6 nitrogen and oxygen atoms in total. The number of fused-ring (bicyclic) bond motifs is 1. The lowest BCUT2D eigenvalue weighted by atomic mass is 10.3. The molecule has 3 aromatic heterocycles. The summed E-state index contributed by atoms with van der Waals surface area (Å²) in [5, 5.41) is 9.57. The molecular formula is C23H19N5OS3. The molecule has 9 heteroatoms. The number of carbonyl (C=O) groups is 1. The van der Waals surface area contributed by atoms with Crippen molar-refractivity contribution in [2.75, 3.05) is 5.75 Å². The molecule has 2 aromatic carbocycles. The third kappa shape index (κ3) is 4.36. The third-order valence-electron chi connectivity index (χ3n) is 4.88. The molecule has 5 rings (SSSR count). The second-order valence-corrected chi connectivity index (χ2v) is 10.2. The lowest BCUT2D eigenvalue weighted by molar-refractivity contribution is 0.101. The average molecular weight is 478 g/mol. The molecule has 0 atom stereocenters. The van der Waals surface area contributed by atoms with Crippen molar-refractivity contribution in [1.82, 2.24) is 24.3 Å². The van der Waals surface area contributed by atoms with Crippen molar-refractivity contribution in [3.63, 3.8) is 0 Å². The summed E-state index contributed by atoms with van der Waals surface area (Å²) in [5.41, 5.74) is 2.68. The van der Waals surface area contributed by atoms with Gasteiger partial charge in [-0.2, -0.15) is 0 Å². The maximum Gasteiger partial charge on any atom is 0.196 e. The summed E-state index contributed by atoms with van der Waals surface area (Å²) < 4.78 is 6.05. The van der Waals surface area contributed by atoms with Gasteiger partial charge in [0.05, 0.1) is 27.4 Å². The SMILES string of the molecule is Cn1cccc1C(=O)CSc1nnc(CSc2nc3ccccc3s2)n1-c1ccccc1. The molecule has 0 unspecified atom stereocenters. The van der Waals surface area contributed by atoms with E-state index >= 15 is 0 Å². The van der Waals surface area contributed by atoms with Crippen LogP contribution in [0, 0.1) is 0 Å². The first-order chi connectivity index (χ1) is 15.7. The van der Waals surface area contributed by atoms with E-state index in [0.717, 1.165) is 21.4 Å². The fourth-order valence-electron chi connectivity index (χ4n) is 3.32. The highest BCUT2D eigenvalue weighted by Crippen LogP contribution is 2.32. The zero-order valence-corrected chi connectivity index (χ0v) is 19.7. The van der Waals surface area contributed by atoms with Crippen molar-refractivity contribution in [3.8, 4) is 5.69 Å². The molecule has 5 aromatic rings. The van der Waals surface area contributed by atoms with Crippen LogP contribution in [0.1, 0.15) is 16.3 Å². The molecule has 0 spiro atoms. The van der Waals surface area contributed by atoms with Gasteiger partial charge in [-0.25, -0.2) is 4.98 Å². The summed E-state index contributed by atoms with van der Waals surface area (Å²) in [6, 6.07) is 21.9. The Balaban J connectivity index is 1.38. The molecule has 3 heterocycles. The van der Waals surface area contributed by atoms with Gasteiger partial charge >= 0.3 is 0 Å². The van der Waals surface area contributed by atoms with Crippen molar-refractivity contribution < 1.29 is 4.79 Å². The molecular weight excluding hydrogens is 458 g/mol. The van der Waals surface area contributed by atoms with Gasteiger partial charge in [0.15, 0.2) is 15.3 Å². The summed E-state index contributed by atoms with van der Waals surface area (Å²) in [4.78, 5) is 17.3. The minimum atomic E-state index is 0.0653. The van der Waals surface area contributed by atoms with Gasteiger partial charge < -0.3 is 4.57 Å². The fraction of sp³-hybridized carbons (Fsp3) is 0.130. The quantitative estimate of drug-likeness (QED) is 0.218. The molecule has 0 radical (unpaired) electrons. The first-order valence-corrected chi connectivity index (χ1v) is 12.7. The highest BCUT2D eigenvalue weighted by Gasteiger charge is 2.18. The van der Waals surface area contributed by atoms with Gasteiger partial charge in [0, 0.05) is 18.9 Å². The van der Waals surface area contributed by atoms with Gasteiger partial charge in [0.1, 0.15) is 5.82 Å². The summed E-state index contributed by atoms with van der Waals surface area (Å²) in [5.74, 6) is 1.83.